The average Bonchev–Trinajstić information content (AvgIpc) is 3.15. The van der Waals surface area contributed by atoms with Crippen LogP contribution in [0, 0.1) is 12.0 Å². The largest absolute Gasteiger partial charge is 0.366 e. The number of fused-ring (bicyclic) bond motifs is 3. The standard InChI is InChI=1S/C19H18ClN2O/c20-15-9-3-7-13-17-14(19(21)23)8-4-10-16(17)22(18(13)15)11-12-5-1-2-6-12/h3-4,8-10,12H,1-2,5-6,11H2,(H2,21,23). The first kappa shape index (κ1) is 14.6. The second kappa shape index (κ2) is 5.57. The molecule has 1 heterocycles. The van der Waals surface area contributed by atoms with Crippen LogP contribution < -0.4 is 5.73 Å². The first-order valence-corrected chi connectivity index (χ1v) is 8.45. The van der Waals surface area contributed by atoms with Crippen LogP contribution in [-0.4, -0.2) is 10.5 Å². The summed E-state index contributed by atoms with van der Waals surface area (Å²) in [5.41, 5.74) is 8.11. The third-order valence-electron chi connectivity index (χ3n) is 4.95. The zero-order valence-corrected chi connectivity index (χ0v) is 13.6. The lowest BCUT2D eigenvalue weighted by molar-refractivity contribution is 0.100. The molecule has 1 aliphatic carbocycles. The van der Waals surface area contributed by atoms with E-state index in [1.54, 1.807) is 6.07 Å². The van der Waals surface area contributed by atoms with Gasteiger partial charge < -0.3 is 10.3 Å². The Morgan fingerprint density at radius 3 is 2.83 bits per heavy atom. The van der Waals surface area contributed by atoms with Crippen LogP contribution in [0.15, 0.2) is 30.3 Å². The van der Waals surface area contributed by atoms with Crippen molar-refractivity contribution in [2.45, 2.75) is 32.2 Å². The van der Waals surface area contributed by atoms with Crippen LogP contribution in [0.2, 0.25) is 5.02 Å². The van der Waals surface area contributed by atoms with E-state index < -0.39 is 5.91 Å². The van der Waals surface area contributed by atoms with Crippen molar-refractivity contribution in [1.29, 1.82) is 0 Å². The van der Waals surface area contributed by atoms with Gasteiger partial charge in [0.2, 0.25) is 5.91 Å². The van der Waals surface area contributed by atoms with Crippen LogP contribution in [0.25, 0.3) is 21.8 Å². The van der Waals surface area contributed by atoms with Crippen molar-refractivity contribution in [3.63, 3.8) is 0 Å². The maximum Gasteiger partial charge on any atom is 0.249 e. The molecule has 0 atom stereocenters. The van der Waals surface area contributed by atoms with Gasteiger partial charge in [-0.15, -0.1) is 0 Å². The van der Waals surface area contributed by atoms with Crippen molar-refractivity contribution >= 4 is 39.3 Å². The van der Waals surface area contributed by atoms with Crippen LogP contribution in [-0.2, 0) is 6.54 Å². The molecule has 117 valence electrons. The van der Waals surface area contributed by atoms with E-state index in [1.807, 2.05) is 24.3 Å². The van der Waals surface area contributed by atoms with E-state index in [-0.39, 0.29) is 0 Å². The van der Waals surface area contributed by atoms with Crippen LogP contribution in [0.5, 0.6) is 0 Å². The summed E-state index contributed by atoms with van der Waals surface area (Å²) in [4.78, 5) is 11.9. The highest BCUT2D eigenvalue weighted by Gasteiger charge is 2.22. The summed E-state index contributed by atoms with van der Waals surface area (Å²) in [5.74, 6) is 0.256. The number of halogens is 1. The molecule has 1 radical (unpaired) electrons. The number of amides is 1. The lowest BCUT2D eigenvalue weighted by Crippen LogP contribution is -2.11. The molecule has 1 saturated carbocycles. The number of nitrogens with two attached hydrogens (primary N) is 1. The molecule has 2 aromatic carbocycles. The second-order valence-electron chi connectivity index (χ2n) is 6.37. The monoisotopic (exact) mass is 325 g/mol. The highest BCUT2D eigenvalue weighted by molar-refractivity contribution is 6.36. The van der Waals surface area contributed by atoms with Crippen LogP contribution in [0.1, 0.15) is 36.0 Å². The van der Waals surface area contributed by atoms with Crippen molar-refractivity contribution in [3.05, 3.63) is 47.0 Å². The Kier molecular flexibility index (Phi) is 3.53. The molecule has 0 aliphatic heterocycles. The van der Waals surface area contributed by atoms with E-state index >= 15 is 0 Å². The Hall–Kier alpha value is -2.00. The van der Waals surface area contributed by atoms with E-state index in [2.05, 4.69) is 10.6 Å². The zero-order valence-electron chi connectivity index (χ0n) is 12.8. The number of carbonyl (C=O) groups is 1. The van der Waals surface area contributed by atoms with E-state index in [1.165, 1.54) is 25.7 Å². The summed E-state index contributed by atoms with van der Waals surface area (Å²) < 4.78 is 2.26. The third kappa shape index (κ3) is 2.31. The van der Waals surface area contributed by atoms with Gasteiger partial charge in [0.15, 0.2) is 0 Å². The van der Waals surface area contributed by atoms with Crippen molar-refractivity contribution < 1.29 is 4.79 Å². The Balaban J connectivity index is 2.05. The van der Waals surface area contributed by atoms with Crippen molar-refractivity contribution in [2.75, 3.05) is 0 Å². The molecule has 0 spiro atoms. The molecular formula is C19H18ClN2O. The van der Waals surface area contributed by atoms with Gasteiger partial charge in [0.25, 0.3) is 0 Å². The minimum absolute atomic E-state index is 0.413. The Bertz CT molecular complexity index is 907. The Morgan fingerprint density at radius 2 is 2.09 bits per heavy atom. The lowest BCUT2D eigenvalue weighted by Gasteiger charge is -2.14. The van der Waals surface area contributed by atoms with Crippen LogP contribution >= 0.6 is 11.6 Å². The SMILES string of the molecule is NC(=O)c1cccc2c1c1[c]ccc(Cl)c1n2CC1CCCC1. The number of nitrogens with zero attached hydrogens (tertiary/aromatic N) is 1. The fourth-order valence-corrected chi connectivity index (χ4v) is 4.17. The van der Waals surface area contributed by atoms with Gasteiger partial charge in [-0.25, -0.2) is 0 Å². The molecule has 1 fully saturated rings. The summed E-state index contributed by atoms with van der Waals surface area (Å²) in [6.07, 6.45) is 5.11. The van der Waals surface area contributed by atoms with E-state index in [4.69, 9.17) is 17.3 Å². The Morgan fingerprint density at radius 1 is 1.30 bits per heavy atom. The molecule has 2 N–H and O–H groups in total. The van der Waals surface area contributed by atoms with Crippen molar-refractivity contribution in [2.24, 2.45) is 11.7 Å². The fourth-order valence-electron chi connectivity index (χ4n) is 3.91. The van der Waals surface area contributed by atoms with E-state index in [0.29, 0.717) is 16.5 Å². The van der Waals surface area contributed by atoms with Gasteiger partial charge in [-0.3, -0.25) is 4.79 Å². The fraction of sp³-hybridized carbons (Fsp3) is 0.316. The van der Waals surface area contributed by atoms with Crippen LogP contribution in [0.3, 0.4) is 0 Å². The number of hydrogen-bond acceptors (Lipinski definition) is 1. The molecule has 0 saturated heterocycles. The normalized spacial score (nSPS) is 15.7. The van der Waals surface area contributed by atoms with Crippen molar-refractivity contribution in [3.8, 4) is 0 Å². The molecule has 1 aromatic heterocycles. The van der Waals surface area contributed by atoms with Gasteiger partial charge in [0.1, 0.15) is 0 Å². The van der Waals surface area contributed by atoms with Gasteiger partial charge in [-0.2, -0.15) is 0 Å². The highest BCUT2D eigenvalue weighted by Crippen LogP contribution is 2.37. The molecule has 0 bridgehead atoms. The molecule has 4 rings (SSSR count). The topological polar surface area (TPSA) is 48.0 Å². The van der Waals surface area contributed by atoms with Gasteiger partial charge in [0.05, 0.1) is 10.5 Å². The second-order valence-corrected chi connectivity index (χ2v) is 6.78. The van der Waals surface area contributed by atoms with Gasteiger partial charge in [0, 0.05) is 28.4 Å². The van der Waals surface area contributed by atoms with Gasteiger partial charge in [-0.05, 0) is 43.0 Å². The number of rotatable bonds is 3. The number of hydrogen-bond donors (Lipinski definition) is 1. The molecule has 0 unspecified atom stereocenters. The highest BCUT2D eigenvalue weighted by atomic mass is 35.5. The van der Waals surface area contributed by atoms with Gasteiger partial charge in [-0.1, -0.05) is 36.6 Å². The molecule has 1 amide bonds. The summed E-state index contributed by atoms with van der Waals surface area (Å²) in [5, 5.41) is 2.46. The number of primary amides is 1. The average molecular weight is 326 g/mol. The third-order valence-corrected chi connectivity index (χ3v) is 5.26. The number of carbonyl (C=O) groups excluding carboxylic acids is 1. The first-order chi connectivity index (χ1) is 11.2. The van der Waals surface area contributed by atoms with Crippen molar-refractivity contribution in [1.82, 2.24) is 4.57 Å². The molecule has 3 nitrogen and oxygen atoms in total. The van der Waals surface area contributed by atoms with Crippen LogP contribution in [0.4, 0.5) is 0 Å². The number of benzene rings is 2. The molecule has 3 aromatic rings. The van der Waals surface area contributed by atoms with Gasteiger partial charge >= 0.3 is 0 Å². The number of aromatic nitrogens is 1. The maximum atomic E-state index is 11.9. The molecule has 23 heavy (non-hydrogen) atoms. The van der Waals surface area contributed by atoms with E-state index in [0.717, 1.165) is 28.4 Å². The molecule has 4 heteroatoms. The Labute approximate surface area is 140 Å². The smallest absolute Gasteiger partial charge is 0.249 e. The lowest BCUT2D eigenvalue weighted by atomic mass is 10.1. The summed E-state index contributed by atoms with van der Waals surface area (Å²) >= 11 is 6.49. The predicted octanol–water partition coefficient (Wildman–Crippen LogP) is 4.54. The predicted molar refractivity (Wildman–Crippen MR) is 93.8 cm³/mol. The minimum atomic E-state index is -0.413. The molecular weight excluding hydrogens is 308 g/mol. The minimum Gasteiger partial charge on any atom is -0.366 e. The summed E-state index contributed by atoms with van der Waals surface area (Å²) in [6.45, 7) is 0.930. The first-order valence-electron chi connectivity index (χ1n) is 8.07. The van der Waals surface area contributed by atoms with E-state index in [9.17, 15) is 4.79 Å². The summed E-state index contributed by atoms with van der Waals surface area (Å²) in [6, 6.07) is 12.6. The summed E-state index contributed by atoms with van der Waals surface area (Å²) in [7, 11) is 0. The maximum absolute atomic E-state index is 11.9. The molecule has 1 aliphatic rings. The zero-order chi connectivity index (χ0) is 16.0. The quantitative estimate of drug-likeness (QED) is 0.755.